The summed E-state index contributed by atoms with van der Waals surface area (Å²) in [4.78, 5) is 37.5. The molecule has 0 unspecified atom stereocenters. The third-order valence-corrected chi connectivity index (χ3v) is 5.41. The van der Waals surface area contributed by atoms with Gasteiger partial charge in [0.05, 0.1) is 12.0 Å². The Kier molecular flexibility index (Phi) is 4.08. The summed E-state index contributed by atoms with van der Waals surface area (Å²) < 4.78 is 0. The first-order chi connectivity index (χ1) is 11.7. The van der Waals surface area contributed by atoms with E-state index in [9.17, 15) is 9.59 Å². The highest BCUT2D eigenvalue weighted by molar-refractivity contribution is 5.94. The lowest BCUT2D eigenvalue weighted by atomic mass is 9.91. The van der Waals surface area contributed by atoms with Crippen LogP contribution in [0.1, 0.15) is 42.6 Å². The van der Waals surface area contributed by atoms with Crippen LogP contribution in [0.5, 0.6) is 0 Å². The highest BCUT2D eigenvalue weighted by atomic mass is 16.2. The van der Waals surface area contributed by atoms with Gasteiger partial charge in [-0.25, -0.2) is 9.97 Å². The zero-order valence-corrected chi connectivity index (χ0v) is 13.8. The minimum absolute atomic E-state index is 0.0350. The fourth-order valence-electron chi connectivity index (χ4n) is 4.11. The van der Waals surface area contributed by atoms with Crippen LogP contribution in [-0.4, -0.2) is 58.9 Å². The van der Waals surface area contributed by atoms with Crippen LogP contribution >= 0.6 is 0 Å². The fraction of sp³-hybridized carbons (Fsp3) is 0.647. The van der Waals surface area contributed by atoms with Crippen molar-refractivity contribution >= 4 is 17.6 Å². The van der Waals surface area contributed by atoms with Crippen molar-refractivity contribution in [3.05, 3.63) is 18.1 Å². The van der Waals surface area contributed by atoms with Gasteiger partial charge in [0.1, 0.15) is 17.8 Å². The van der Waals surface area contributed by atoms with Crippen molar-refractivity contribution in [2.75, 3.05) is 31.1 Å². The lowest BCUT2D eigenvalue weighted by Gasteiger charge is -2.35. The van der Waals surface area contributed by atoms with Crippen LogP contribution in [0.2, 0.25) is 0 Å². The summed E-state index contributed by atoms with van der Waals surface area (Å²) in [6.07, 6.45) is 6.79. The van der Waals surface area contributed by atoms with E-state index in [1.165, 1.54) is 12.7 Å². The van der Waals surface area contributed by atoms with E-state index in [0.29, 0.717) is 18.8 Å². The number of carbonyl (C=O) groups excluding carboxylic acids is 2. The number of carbonyl (C=O) groups is 2. The van der Waals surface area contributed by atoms with Gasteiger partial charge in [-0.3, -0.25) is 9.59 Å². The van der Waals surface area contributed by atoms with Crippen LogP contribution in [0.4, 0.5) is 5.82 Å². The third-order valence-electron chi connectivity index (χ3n) is 5.41. The molecule has 3 aliphatic heterocycles. The molecule has 128 valence electrons. The smallest absolute Gasteiger partial charge is 0.272 e. The summed E-state index contributed by atoms with van der Waals surface area (Å²) in [5.74, 6) is 0.768. The average molecular weight is 329 g/mol. The van der Waals surface area contributed by atoms with Crippen molar-refractivity contribution < 1.29 is 9.59 Å². The van der Waals surface area contributed by atoms with E-state index in [1.807, 2.05) is 11.0 Å². The van der Waals surface area contributed by atoms with Crippen LogP contribution < -0.4 is 10.2 Å². The number of piperidine rings is 2. The highest BCUT2D eigenvalue weighted by Crippen LogP contribution is 2.28. The average Bonchev–Trinajstić information content (AvgIpc) is 3.03. The van der Waals surface area contributed by atoms with Gasteiger partial charge in [0.25, 0.3) is 5.91 Å². The maximum Gasteiger partial charge on any atom is 0.272 e. The molecule has 2 atom stereocenters. The van der Waals surface area contributed by atoms with E-state index in [4.69, 9.17) is 0 Å². The molecule has 3 fully saturated rings. The van der Waals surface area contributed by atoms with E-state index in [2.05, 4.69) is 20.2 Å². The highest BCUT2D eigenvalue weighted by Gasteiger charge is 2.43. The lowest BCUT2D eigenvalue weighted by Crippen LogP contribution is -2.49. The number of likely N-dealkylation sites (tertiary alicyclic amines) is 1. The molecular formula is C17H23N5O2. The second kappa shape index (κ2) is 6.37. The van der Waals surface area contributed by atoms with Gasteiger partial charge < -0.3 is 15.1 Å². The molecule has 2 amide bonds. The molecule has 0 saturated carbocycles. The number of nitrogens with one attached hydrogen (secondary N) is 1. The van der Waals surface area contributed by atoms with Crippen molar-refractivity contribution in [3.63, 3.8) is 0 Å². The Hall–Kier alpha value is -2.18. The maximum atomic E-state index is 13.0. The summed E-state index contributed by atoms with van der Waals surface area (Å²) in [5.41, 5.74) is 0.436. The van der Waals surface area contributed by atoms with Crippen molar-refractivity contribution in [2.24, 2.45) is 5.92 Å². The van der Waals surface area contributed by atoms with Gasteiger partial charge in [-0.1, -0.05) is 0 Å². The second-order valence-electron chi connectivity index (χ2n) is 6.87. The zero-order valence-electron chi connectivity index (χ0n) is 13.8. The van der Waals surface area contributed by atoms with Crippen LogP contribution in [-0.2, 0) is 4.79 Å². The van der Waals surface area contributed by atoms with Gasteiger partial charge in [-0.15, -0.1) is 0 Å². The fourth-order valence-corrected chi connectivity index (χ4v) is 4.11. The predicted octanol–water partition coefficient (Wildman–Crippen LogP) is 0.817. The summed E-state index contributed by atoms with van der Waals surface area (Å²) in [5, 5.41) is 2.89. The summed E-state index contributed by atoms with van der Waals surface area (Å²) >= 11 is 0. The first-order valence-electron chi connectivity index (χ1n) is 8.90. The predicted molar refractivity (Wildman–Crippen MR) is 88.7 cm³/mol. The van der Waals surface area contributed by atoms with Crippen molar-refractivity contribution in [3.8, 4) is 0 Å². The molecule has 4 rings (SSSR count). The topological polar surface area (TPSA) is 78.4 Å². The minimum Gasteiger partial charge on any atom is -0.357 e. The number of rotatable bonds is 2. The SMILES string of the molecule is O=C1NC[C@@H]2[C@H]1CCCN2C(=O)c1cc(N2CCCCC2)ncn1. The largest absolute Gasteiger partial charge is 0.357 e. The number of fused-ring (bicyclic) bond motifs is 1. The molecule has 1 N–H and O–H groups in total. The zero-order chi connectivity index (χ0) is 16.5. The molecule has 7 nitrogen and oxygen atoms in total. The Bertz CT molecular complexity index is 644. The Morgan fingerprint density at radius 1 is 1.12 bits per heavy atom. The van der Waals surface area contributed by atoms with Gasteiger partial charge in [-0.05, 0) is 32.1 Å². The quantitative estimate of drug-likeness (QED) is 0.869. The summed E-state index contributed by atoms with van der Waals surface area (Å²) in [7, 11) is 0. The van der Waals surface area contributed by atoms with Crippen LogP contribution in [0.25, 0.3) is 0 Å². The third kappa shape index (κ3) is 2.72. The number of amides is 2. The monoisotopic (exact) mass is 329 g/mol. The van der Waals surface area contributed by atoms with Crippen LogP contribution in [0, 0.1) is 5.92 Å². The van der Waals surface area contributed by atoms with Gasteiger partial charge in [0, 0.05) is 32.2 Å². The molecule has 0 bridgehead atoms. The molecule has 3 aliphatic rings. The van der Waals surface area contributed by atoms with E-state index < -0.39 is 0 Å². The lowest BCUT2D eigenvalue weighted by molar-refractivity contribution is -0.123. The van der Waals surface area contributed by atoms with E-state index >= 15 is 0 Å². The molecule has 0 radical (unpaired) electrons. The minimum atomic E-state index is -0.0816. The molecule has 7 heteroatoms. The normalized spacial score (nSPS) is 26.9. The van der Waals surface area contributed by atoms with Gasteiger partial charge in [0.2, 0.25) is 5.91 Å². The number of aromatic nitrogens is 2. The van der Waals surface area contributed by atoms with E-state index in [1.54, 1.807) is 0 Å². The molecule has 3 saturated heterocycles. The van der Waals surface area contributed by atoms with Gasteiger partial charge >= 0.3 is 0 Å². The maximum absolute atomic E-state index is 13.0. The summed E-state index contributed by atoms with van der Waals surface area (Å²) in [6.45, 7) is 3.21. The number of nitrogens with zero attached hydrogens (tertiary/aromatic N) is 4. The van der Waals surface area contributed by atoms with Crippen LogP contribution in [0.3, 0.4) is 0 Å². The second-order valence-corrected chi connectivity index (χ2v) is 6.87. The Morgan fingerprint density at radius 3 is 2.79 bits per heavy atom. The molecule has 4 heterocycles. The summed E-state index contributed by atoms with van der Waals surface area (Å²) in [6, 6.07) is 1.77. The van der Waals surface area contributed by atoms with Crippen molar-refractivity contribution in [2.45, 2.75) is 38.1 Å². The van der Waals surface area contributed by atoms with Gasteiger partial charge in [-0.2, -0.15) is 0 Å². The van der Waals surface area contributed by atoms with Gasteiger partial charge in [0.15, 0.2) is 0 Å². The van der Waals surface area contributed by atoms with E-state index in [0.717, 1.165) is 44.6 Å². The molecule has 1 aromatic rings. The number of anilines is 1. The molecule has 0 aliphatic carbocycles. The van der Waals surface area contributed by atoms with Crippen molar-refractivity contribution in [1.29, 1.82) is 0 Å². The first kappa shape index (κ1) is 15.4. The molecular weight excluding hydrogens is 306 g/mol. The van der Waals surface area contributed by atoms with Crippen LogP contribution in [0.15, 0.2) is 12.4 Å². The van der Waals surface area contributed by atoms with Crippen molar-refractivity contribution in [1.82, 2.24) is 20.2 Å². The number of hydrogen-bond acceptors (Lipinski definition) is 5. The molecule has 0 spiro atoms. The first-order valence-corrected chi connectivity index (χ1v) is 8.90. The standard InChI is InChI=1S/C17H23N5O2/c23-16-12-5-4-8-22(14(12)10-18-16)17(24)13-9-15(20-11-19-13)21-6-2-1-3-7-21/h9,11-12,14H,1-8,10H2,(H,18,23)/t12-,14-/m1/s1. The Labute approximate surface area is 141 Å². The molecule has 0 aromatic carbocycles. The van der Waals surface area contributed by atoms with E-state index in [-0.39, 0.29) is 23.8 Å². The Morgan fingerprint density at radius 2 is 1.96 bits per heavy atom. The Balaban J connectivity index is 1.54. The number of hydrogen-bond donors (Lipinski definition) is 1. The molecule has 1 aromatic heterocycles. The molecule has 24 heavy (non-hydrogen) atoms.